The zero-order chi connectivity index (χ0) is 12.0. The first-order valence-corrected chi connectivity index (χ1v) is 6.51. The van der Waals surface area contributed by atoms with E-state index in [2.05, 4.69) is 26.1 Å². The second-order valence-corrected chi connectivity index (χ2v) is 5.24. The molecule has 1 N–H and O–H groups in total. The van der Waals surface area contributed by atoms with Crippen LogP contribution in [-0.2, 0) is 9.53 Å². The topological polar surface area (TPSA) is 38.3 Å². The van der Waals surface area contributed by atoms with E-state index < -0.39 is 0 Å². The molecule has 0 aromatic rings. The van der Waals surface area contributed by atoms with Gasteiger partial charge < -0.3 is 10.1 Å². The van der Waals surface area contributed by atoms with Gasteiger partial charge >= 0.3 is 0 Å². The van der Waals surface area contributed by atoms with E-state index in [9.17, 15) is 4.79 Å². The standard InChI is InChI=1S/C13H25NO2/c1-10(2)6-4-7-11(3)14-13(15)12-8-5-9-16-12/h10-12H,4-9H2,1-3H3,(H,14,15). The van der Waals surface area contributed by atoms with E-state index in [1.807, 2.05) is 0 Å². The predicted octanol–water partition coefficient (Wildman–Crippen LogP) is 2.50. The molecule has 1 aliphatic heterocycles. The molecule has 2 atom stereocenters. The summed E-state index contributed by atoms with van der Waals surface area (Å²) < 4.78 is 5.35. The summed E-state index contributed by atoms with van der Waals surface area (Å²) in [6.07, 6.45) is 5.19. The van der Waals surface area contributed by atoms with Gasteiger partial charge in [0.05, 0.1) is 0 Å². The highest BCUT2D eigenvalue weighted by atomic mass is 16.5. The number of hydrogen-bond donors (Lipinski definition) is 1. The molecule has 16 heavy (non-hydrogen) atoms. The number of carbonyl (C=O) groups is 1. The summed E-state index contributed by atoms with van der Waals surface area (Å²) in [6.45, 7) is 7.28. The highest BCUT2D eigenvalue weighted by Gasteiger charge is 2.24. The van der Waals surface area contributed by atoms with Crippen LogP contribution in [0.2, 0.25) is 0 Å². The minimum Gasteiger partial charge on any atom is -0.368 e. The van der Waals surface area contributed by atoms with E-state index in [0.717, 1.165) is 31.8 Å². The van der Waals surface area contributed by atoms with Gasteiger partial charge in [-0.05, 0) is 32.1 Å². The van der Waals surface area contributed by atoms with Gasteiger partial charge in [0.25, 0.3) is 0 Å². The fourth-order valence-electron chi connectivity index (χ4n) is 2.02. The maximum Gasteiger partial charge on any atom is 0.249 e. The maximum absolute atomic E-state index is 11.7. The van der Waals surface area contributed by atoms with Gasteiger partial charge in [-0.15, -0.1) is 0 Å². The number of nitrogens with one attached hydrogen (secondary N) is 1. The van der Waals surface area contributed by atoms with Gasteiger partial charge in [0, 0.05) is 12.6 Å². The Morgan fingerprint density at radius 3 is 2.69 bits per heavy atom. The molecule has 1 aliphatic rings. The molecule has 1 fully saturated rings. The zero-order valence-corrected chi connectivity index (χ0v) is 10.8. The van der Waals surface area contributed by atoms with Crippen LogP contribution in [0.1, 0.15) is 52.9 Å². The summed E-state index contributed by atoms with van der Waals surface area (Å²) in [5.74, 6) is 0.829. The van der Waals surface area contributed by atoms with Crippen LogP contribution in [0, 0.1) is 5.92 Å². The van der Waals surface area contributed by atoms with Gasteiger partial charge in [-0.25, -0.2) is 0 Å². The van der Waals surface area contributed by atoms with E-state index in [1.165, 1.54) is 12.8 Å². The molecule has 0 aliphatic carbocycles. The molecule has 0 aromatic carbocycles. The van der Waals surface area contributed by atoms with Crippen LogP contribution in [-0.4, -0.2) is 24.7 Å². The summed E-state index contributed by atoms with van der Waals surface area (Å²) in [6, 6.07) is 0.274. The SMILES string of the molecule is CC(C)CCCC(C)NC(=O)C1CCCO1. The van der Waals surface area contributed by atoms with E-state index in [1.54, 1.807) is 0 Å². The van der Waals surface area contributed by atoms with Crippen molar-refractivity contribution in [2.24, 2.45) is 5.92 Å². The molecular formula is C13H25NO2. The molecule has 0 bridgehead atoms. The lowest BCUT2D eigenvalue weighted by Gasteiger charge is -2.17. The van der Waals surface area contributed by atoms with Crippen molar-refractivity contribution in [3.8, 4) is 0 Å². The van der Waals surface area contributed by atoms with Gasteiger partial charge in [-0.1, -0.05) is 26.7 Å². The molecular weight excluding hydrogens is 202 g/mol. The third kappa shape index (κ3) is 4.97. The molecule has 1 heterocycles. The largest absolute Gasteiger partial charge is 0.368 e. The second-order valence-electron chi connectivity index (χ2n) is 5.24. The average Bonchev–Trinajstić information content (AvgIpc) is 2.69. The molecule has 94 valence electrons. The minimum atomic E-state index is -0.187. The van der Waals surface area contributed by atoms with Gasteiger partial charge in [0.15, 0.2) is 0 Å². The van der Waals surface area contributed by atoms with Gasteiger partial charge in [0.2, 0.25) is 5.91 Å². The van der Waals surface area contributed by atoms with Crippen molar-refractivity contribution in [3.05, 3.63) is 0 Å². The Hall–Kier alpha value is -0.570. The van der Waals surface area contributed by atoms with Crippen molar-refractivity contribution in [1.82, 2.24) is 5.32 Å². The Labute approximate surface area is 98.9 Å². The van der Waals surface area contributed by atoms with Crippen molar-refractivity contribution >= 4 is 5.91 Å². The van der Waals surface area contributed by atoms with Gasteiger partial charge in [-0.3, -0.25) is 4.79 Å². The molecule has 2 unspecified atom stereocenters. The van der Waals surface area contributed by atoms with E-state index in [4.69, 9.17) is 4.74 Å². The second kappa shape index (κ2) is 6.89. The Bertz CT molecular complexity index is 210. The maximum atomic E-state index is 11.7. The number of hydrogen-bond acceptors (Lipinski definition) is 2. The van der Waals surface area contributed by atoms with Crippen LogP contribution in [0.4, 0.5) is 0 Å². The first kappa shape index (κ1) is 13.5. The smallest absolute Gasteiger partial charge is 0.249 e. The molecule has 3 nitrogen and oxygen atoms in total. The van der Waals surface area contributed by atoms with E-state index >= 15 is 0 Å². The third-order valence-corrected chi connectivity index (χ3v) is 3.03. The summed E-state index contributed by atoms with van der Waals surface area (Å²) >= 11 is 0. The number of ether oxygens (including phenoxy) is 1. The summed E-state index contributed by atoms with van der Waals surface area (Å²) in [4.78, 5) is 11.7. The van der Waals surface area contributed by atoms with Crippen molar-refractivity contribution in [2.75, 3.05) is 6.61 Å². The lowest BCUT2D eigenvalue weighted by molar-refractivity contribution is -0.130. The van der Waals surface area contributed by atoms with Crippen molar-refractivity contribution in [1.29, 1.82) is 0 Å². The minimum absolute atomic E-state index is 0.0783. The first-order chi connectivity index (χ1) is 7.59. The Morgan fingerprint density at radius 1 is 1.38 bits per heavy atom. The quantitative estimate of drug-likeness (QED) is 0.757. The average molecular weight is 227 g/mol. The summed E-state index contributed by atoms with van der Waals surface area (Å²) in [5, 5.41) is 3.03. The number of rotatable bonds is 6. The molecule has 0 radical (unpaired) electrons. The van der Waals surface area contributed by atoms with Crippen LogP contribution in [0.25, 0.3) is 0 Å². The molecule has 1 rings (SSSR count). The predicted molar refractivity (Wildman–Crippen MR) is 65.3 cm³/mol. The van der Waals surface area contributed by atoms with Crippen LogP contribution in [0.3, 0.4) is 0 Å². The molecule has 0 saturated carbocycles. The normalized spacial score (nSPS) is 22.4. The van der Waals surface area contributed by atoms with Crippen LogP contribution >= 0.6 is 0 Å². The fraction of sp³-hybridized carbons (Fsp3) is 0.923. The van der Waals surface area contributed by atoms with Crippen molar-refractivity contribution in [3.63, 3.8) is 0 Å². The van der Waals surface area contributed by atoms with E-state index in [-0.39, 0.29) is 18.1 Å². The summed E-state index contributed by atoms with van der Waals surface area (Å²) in [5.41, 5.74) is 0. The van der Waals surface area contributed by atoms with Gasteiger partial charge in [0.1, 0.15) is 6.10 Å². The Morgan fingerprint density at radius 2 is 2.12 bits per heavy atom. The zero-order valence-electron chi connectivity index (χ0n) is 10.8. The Kier molecular flexibility index (Phi) is 5.81. The first-order valence-electron chi connectivity index (χ1n) is 6.51. The van der Waals surface area contributed by atoms with Gasteiger partial charge in [-0.2, -0.15) is 0 Å². The lowest BCUT2D eigenvalue weighted by Crippen LogP contribution is -2.39. The molecule has 0 spiro atoms. The molecule has 0 aromatic heterocycles. The fourth-order valence-corrected chi connectivity index (χ4v) is 2.02. The van der Waals surface area contributed by atoms with Crippen LogP contribution in [0.15, 0.2) is 0 Å². The van der Waals surface area contributed by atoms with Crippen molar-refractivity contribution in [2.45, 2.75) is 65.0 Å². The van der Waals surface area contributed by atoms with Crippen LogP contribution in [0.5, 0.6) is 0 Å². The van der Waals surface area contributed by atoms with E-state index in [0.29, 0.717) is 0 Å². The highest BCUT2D eigenvalue weighted by molar-refractivity contribution is 5.81. The molecule has 1 saturated heterocycles. The number of carbonyl (C=O) groups excluding carboxylic acids is 1. The van der Waals surface area contributed by atoms with Crippen LogP contribution < -0.4 is 5.32 Å². The Balaban J connectivity index is 2.12. The third-order valence-electron chi connectivity index (χ3n) is 3.03. The molecule has 3 heteroatoms. The number of amides is 1. The van der Waals surface area contributed by atoms with Crippen molar-refractivity contribution < 1.29 is 9.53 Å². The lowest BCUT2D eigenvalue weighted by atomic mass is 10.0. The molecule has 1 amide bonds. The highest BCUT2D eigenvalue weighted by Crippen LogP contribution is 2.13. The summed E-state index contributed by atoms with van der Waals surface area (Å²) in [7, 11) is 0. The monoisotopic (exact) mass is 227 g/mol.